The average Bonchev–Trinajstić information content (AvgIpc) is 2.18. The number of halogens is 2. The van der Waals surface area contributed by atoms with Gasteiger partial charge in [0.1, 0.15) is 5.82 Å². The largest absolute Gasteiger partial charge is 0.316 e. The topological polar surface area (TPSA) is 15.3 Å². The predicted molar refractivity (Wildman–Crippen MR) is 64.1 cm³/mol. The van der Waals surface area contributed by atoms with Crippen LogP contribution in [0.5, 0.6) is 0 Å². The minimum atomic E-state index is -0.178. The quantitative estimate of drug-likeness (QED) is 0.870. The maximum Gasteiger partial charge on any atom is 0.127 e. The van der Waals surface area contributed by atoms with Crippen molar-refractivity contribution in [1.29, 1.82) is 0 Å². The molecule has 1 aliphatic rings. The summed E-state index contributed by atoms with van der Waals surface area (Å²) in [5.41, 5.74) is 0.669. The van der Waals surface area contributed by atoms with Crippen LogP contribution in [-0.4, -0.2) is 31.6 Å². The lowest BCUT2D eigenvalue weighted by Crippen LogP contribution is -2.47. The summed E-state index contributed by atoms with van der Waals surface area (Å²) >= 11 is 5.85. The molecule has 0 spiro atoms. The van der Waals surface area contributed by atoms with E-state index in [4.69, 9.17) is 11.6 Å². The van der Waals surface area contributed by atoms with Gasteiger partial charge in [0.05, 0.1) is 0 Å². The van der Waals surface area contributed by atoms with Gasteiger partial charge in [-0.25, -0.2) is 4.39 Å². The highest BCUT2D eigenvalue weighted by Gasteiger charge is 2.18. The van der Waals surface area contributed by atoms with Crippen molar-refractivity contribution in [1.82, 2.24) is 10.2 Å². The van der Waals surface area contributed by atoms with Crippen molar-refractivity contribution in [3.05, 3.63) is 34.6 Å². The maximum atomic E-state index is 13.5. The Labute approximate surface area is 100 Å². The van der Waals surface area contributed by atoms with Gasteiger partial charge in [0, 0.05) is 36.8 Å². The Morgan fingerprint density at radius 1 is 1.50 bits per heavy atom. The molecule has 1 saturated heterocycles. The molecular formula is C12H16ClFN2. The molecule has 0 saturated carbocycles. The summed E-state index contributed by atoms with van der Waals surface area (Å²) in [4.78, 5) is 2.14. The highest BCUT2D eigenvalue weighted by Crippen LogP contribution is 2.17. The first-order valence-electron chi connectivity index (χ1n) is 5.48. The molecule has 0 aliphatic carbocycles. The number of hydrogen-bond donors (Lipinski definition) is 1. The van der Waals surface area contributed by atoms with Crippen molar-refractivity contribution >= 4 is 11.6 Å². The van der Waals surface area contributed by atoms with Gasteiger partial charge in [-0.2, -0.15) is 0 Å². The van der Waals surface area contributed by atoms with Gasteiger partial charge in [-0.3, -0.25) is 0 Å². The molecule has 0 amide bonds. The van der Waals surface area contributed by atoms with Gasteiger partial charge in [0.2, 0.25) is 0 Å². The minimum Gasteiger partial charge on any atom is -0.316 e. The third-order valence-electron chi connectivity index (χ3n) is 2.88. The zero-order valence-corrected chi connectivity index (χ0v) is 10.1. The first kappa shape index (κ1) is 11.8. The zero-order valence-electron chi connectivity index (χ0n) is 9.34. The van der Waals surface area contributed by atoms with Crippen LogP contribution in [0.15, 0.2) is 18.2 Å². The van der Waals surface area contributed by atoms with Gasteiger partial charge in [-0.1, -0.05) is 11.6 Å². The van der Waals surface area contributed by atoms with E-state index in [9.17, 15) is 4.39 Å². The van der Waals surface area contributed by atoms with E-state index < -0.39 is 0 Å². The second-order valence-electron chi connectivity index (χ2n) is 4.46. The first-order valence-corrected chi connectivity index (χ1v) is 5.86. The molecule has 1 aliphatic heterocycles. The molecule has 0 aromatic heterocycles. The standard InChI is InChI=1S/C12H16ClFN2/c1-16(7-9-5-15-6-9)8-10-4-11(13)2-3-12(10)14/h2-4,9,15H,5-8H2,1H3. The Kier molecular flexibility index (Phi) is 3.79. The number of rotatable bonds is 4. The highest BCUT2D eigenvalue weighted by atomic mass is 35.5. The molecule has 0 unspecified atom stereocenters. The van der Waals surface area contributed by atoms with Crippen LogP contribution in [0.3, 0.4) is 0 Å². The Hall–Kier alpha value is -0.640. The Morgan fingerprint density at radius 2 is 2.25 bits per heavy atom. The molecule has 0 bridgehead atoms. The van der Waals surface area contributed by atoms with Crippen LogP contribution in [0.1, 0.15) is 5.56 Å². The predicted octanol–water partition coefficient (Wildman–Crippen LogP) is 2.13. The summed E-state index contributed by atoms with van der Waals surface area (Å²) in [6.07, 6.45) is 0. The lowest BCUT2D eigenvalue weighted by Gasteiger charge is -2.31. The van der Waals surface area contributed by atoms with Gasteiger partial charge in [0.25, 0.3) is 0 Å². The SMILES string of the molecule is CN(Cc1cc(Cl)ccc1F)CC1CNC1. The van der Waals surface area contributed by atoms with E-state index >= 15 is 0 Å². The molecule has 0 radical (unpaired) electrons. The van der Waals surface area contributed by atoms with E-state index in [2.05, 4.69) is 10.2 Å². The normalized spacial score (nSPS) is 16.5. The smallest absolute Gasteiger partial charge is 0.127 e. The fraction of sp³-hybridized carbons (Fsp3) is 0.500. The van der Waals surface area contributed by atoms with Gasteiger partial charge in [-0.15, -0.1) is 0 Å². The van der Waals surface area contributed by atoms with Crippen LogP contribution >= 0.6 is 11.6 Å². The van der Waals surface area contributed by atoms with Crippen molar-refractivity contribution in [2.24, 2.45) is 5.92 Å². The first-order chi connectivity index (χ1) is 7.65. The molecule has 1 aromatic rings. The molecule has 2 rings (SSSR count). The Balaban J connectivity index is 1.93. The lowest BCUT2D eigenvalue weighted by atomic mass is 10.0. The summed E-state index contributed by atoms with van der Waals surface area (Å²) in [5.74, 6) is 0.523. The average molecular weight is 243 g/mol. The lowest BCUT2D eigenvalue weighted by molar-refractivity contribution is 0.217. The summed E-state index contributed by atoms with van der Waals surface area (Å²) in [5, 5.41) is 3.82. The number of benzene rings is 1. The molecule has 16 heavy (non-hydrogen) atoms. The summed E-state index contributed by atoms with van der Waals surface area (Å²) in [7, 11) is 2.01. The van der Waals surface area contributed by atoms with Crippen molar-refractivity contribution in [3.8, 4) is 0 Å². The monoisotopic (exact) mass is 242 g/mol. The third kappa shape index (κ3) is 2.94. The fourth-order valence-electron chi connectivity index (χ4n) is 1.94. The van der Waals surface area contributed by atoms with Crippen LogP contribution in [-0.2, 0) is 6.54 Å². The number of nitrogens with one attached hydrogen (secondary N) is 1. The number of nitrogens with zero attached hydrogens (tertiary/aromatic N) is 1. The van der Waals surface area contributed by atoms with Crippen LogP contribution in [0.2, 0.25) is 5.02 Å². The van der Waals surface area contributed by atoms with Gasteiger partial charge >= 0.3 is 0 Å². The van der Waals surface area contributed by atoms with E-state index in [-0.39, 0.29) is 5.82 Å². The molecular weight excluding hydrogens is 227 g/mol. The molecule has 1 aromatic carbocycles. The van der Waals surface area contributed by atoms with Crippen LogP contribution in [0.25, 0.3) is 0 Å². The molecule has 1 N–H and O–H groups in total. The van der Waals surface area contributed by atoms with Gasteiger partial charge in [-0.05, 0) is 31.2 Å². The molecule has 1 heterocycles. The molecule has 2 nitrogen and oxygen atoms in total. The van der Waals surface area contributed by atoms with Crippen LogP contribution in [0.4, 0.5) is 4.39 Å². The Bertz CT molecular complexity index is 366. The van der Waals surface area contributed by atoms with E-state index in [0.29, 0.717) is 23.0 Å². The zero-order chi connectivity index (χ0) is 11.5. The second kappa shape index (κ2) is 5.13. The second-order valence-corrected chi connectivity index (χ2v) is 4.89. The van der Waals surface area contributed by atoms with E-state index in [1.165, 1.54) is 6.07 Å². The van der Waals surface area contributed by atoms with Crippen molar-refractivity contribution in [2.45, 2.75) is 6.54 Å². The summed E-state index contributed by atoms with van der Waals surface area (Å²) in [6.45, 7) is 3.76. The summed E-state index contributed by atoms with van der Waals surface area (Å²) < 4.78 is 13.5. The molecule has 0 atom stereocenters. The van der Waals surface area contributed by atoms with Gasteiger partial charge in [0.15, 0.2) is 0 Å². The number of hydrogen-bond acceptors (Lipinski definition) is 2. The van der Waals surface area contributed by atoms with E-state index in [0.717, 1.165) is 19.6 Å². The van der Waals surface area contributed by atoms with E-state index in [1.807, 2.05) is 7.05 Å². The molecule has 4 heteroatoms. The highest BCUT2D eigenvalue weighted by molar-refractivity contribution is 6.30. The third-order valence-corrected chi connectivity index (χ3v) is 3.12. The minimum absolute atomic E-state index is 0.178. The summed E-state index contributed by atoms with van der Waals surface area (Å²) in [6, 6.07) is 4.71. The molecule has 88 valence electrons. The van der Waals surface area contributed by atoms with Crippen molar-refractivity contribution < 1.29 is 4.39 Å². The van der Waals surface area contributed by atoms with Crippen molar-refractivity contribution in [2.75, 3.05) is 26.7 Å². The molecule has 1 fully saturated rings. The van der Waals surface area contributed by atoms with Crippen LogP contribution in [0, 0.1) is 11.7 Å². The Morgan fingerprint density at radius 3 is 2.88 bits per heavy atom. The van der Waals surface area contributed by atoms with E-state index in [1.54, 1.807) is 12.1 Å². The van der Waals surface area contributed by atoms with Gasteiger partial charge < -0.3 is 10.2 Å². The maximum absolute atomic E-state index is 13.5. The fourth-order valence-corrected chi connectivity index (χ4v) is 2.13. The van der Waals surface area contributed by atoms with Crippen LogP contribution < -0.4 is 5.32 Å². The van der Waals surface area contributed by atoms with Crippen molar-refractivity contribution in [3.63, 3.8) is 0 Å².